The number of carbonyl (C=O) groups is 2. The van der Waals surface area contributed by atoms with Gasteiger partial charge in [0.25, 0.3) is 5.91 Å². The smallest absolute Gasteiger partial charge is 0.268 e. The van der Waals surface area contributed by atoms with E-state index in [-0.39, 0.29) is 5.92 Å². The summed E-state index contributed by atoms with van der Waals surface area (Å²) in [4.78, 5) is 33.0. The zero-order chi connectivity index (χ0) is 23.1. The van der Waals surface area contributed by atoms with Crippen LogP contribution in [0.4, 0.5) is 0 Å². The molecule has 2 atom stereocenters. The molecule has 2 aromatic heterocycles. The van der Waals surface area contributed by atoms with Gasteiger partial charge in [-0.25, -0.2) is 0 Å². The van der Waals surface area contributed by atoms with E-state index in [1.54, 1.807) is 31.6 Å². The number of benzene rings is 1. The van der Waals surface area contributed by atoms with Crippen molar-refractivity contribution in [2.24, 2.45) is 5.92 Å². The highest BCUT2D eigenvalue weighted by Crippen LogP contribution is 2.26. The normalized spacial score (nSPS) is 12.7. The largest absolute Gasteiger partial charge is 0.496 e. The molecular weight excluding hydrogens is 406 g/mol. The van der Waals surface area contributed by atoms with E-state index in [4.69, 9.17) is 4.74 Å². The maximum atomic E-state index is 13.0. The van der Waals surface area contributed by atoms with Gasteiger partial charge in [0, 0.05) is 29.7 Å². The first-order valence-corrected chi connectivity index (χ1v) is 10.5. The Labute approximate surface area is 187 Å². The molecule has 32 heavy (non-hydrogen) atoms. The fourth-order valence-electron chi connectivity index (χ4n) is 3.52. The lowest BCUT2D eigenvalue weighted by Gasteiger charge is -2.21. The van der Waals surface area contributed by atoms with Crippen molar-refractivity contribution in [2.75, 3.05) is 7.11 Å². The van der Waals surface area contributed by atoms with E-state index >= 15 is 0 Å². The molecule has 0 saturated carbocycles. The summed E-state index contributed by atoms with van der Waals surface area (Å²) in [5, 5.41) is 15.8. The molecule has 166 valence electrons. The molecule has 0 saturated heterocycles. The number of nitrogens with zero attached hydrogens (tertiary/aromatic N) is 2. The number of carbonyl (C=O) groups excluding carboxylic acids is 2. The quantitative estimate of drug-likeness (QED) is 0.479. The molecule has 8 heteroatoms. The van der Waals surface area contributed by atoms with Gasteiger partial charge >= 0.3 is 0 Å². The van der Waals surface area contributed by atoms with E-state index in [1.165, 1.54) is 0 Å². The minimum Gasteiger partial charge on any atom is -0.496 e. The molecule has 3 rings (SSSR count). The Kier molecular flexibility index (Phi) is 7.45. The van der Waals surface area contributed by atoms with Gasteiger partial charge in [0.1, 0.15) is 23.5 Å². The summed E-state index contributed by atoms with van der Waals surface area (Å²) in [6, 6.07) is 11.4. The Morgan fingerprint density at radius 2 is 2.03 bits per heavy atom. The van der Waals surface area contributed by atoms with Crippen LogP contribution in [0.15, 0.2) is 48.8 Å². The molecule has 1 aromatic carbocycles. The van der Waals surface area contributed by atoms with Crippen LogP contribution in [0.2, 0.25) is 0 Å². The number of rotatable bonds is 9. The average molecular weight is 434 g/mol. The van der Waals surface area contributed by atoms with E-state index in [0.29, 0.717) is 24.3 Å². The van der Waals surface area contributed by atoms with Crippen LogP contribution in [-0.4, -0.2) is 41.0 Å². The van der Waals surface area contributed by atoms with Gasteiger partial charge in [-0.1, -0.05) is 26.0 Å². The van der Waals surface area contributed by atoms with Gasteiger partial charge in [-0.05, 0) is 42.2 Å². The van der Waals surface area contributed by atoms with E-state index in [2.05, 4.69) is 26.7 Å². The average Bonchev–Trinajstić information content (AvgIpc) is 3.23. The van der Waals surface area contributed by atoms with Gasteiger partial charge in [0.15, 0.2) is 0 Å². The molecule has 0 aliphatic carbocycles. The molecular formula is C24H27N5O3. The number of nitrogens with one attached hydrogen (secondary N) is 3. The summed E-state index contributed by atoms with van der Waals surface area (Å²) in [6.07, 6.45) is 4.08. The third kappa shape index (κ3) is 5.64. The molecule has 3 N–H and O–H groups in total. The zero-order valence-electron chi connectivity index (χ0n) is 18.4. The second-order valence-electron chi connectivity index (χ2n) is 8.02. The highest BCUT2D eigenvalue weighted by atomic mass is 16.5. The van der Waals surface area contributed by atoms with Crippen LogP contribution < -0.4 is 15.4 Å². The van der Waals surface area contributed by atoms with Crippen molar-refractivity contribution in [3.05, 3.63) is 60.0 Å². The van der Waals surface area contributed by atoms with Gasteiger partial charge in [-0.3, -0.25) is 14.6 Å². The minimum atomic E-state index is -0.777. The predicted molar refractivity (Wildman–Crippen MR) is 121 cm³/mol. The summed E-state index contributed by atoms with van der Waals surface area (Å²) in [7, 11) is 1.57. The third-order valence-electron chi connectivity index (χ3n) is 5.05. The zero-order valence-corrected chi connectivity index (χ0v) is 18.4. The molecule has 0 spiro atoms. The van der Waals surface area contributed by atoms with E-state index in [0.717, 1.165) is 16.5 Å². The van der Waals surface area contributed by atoms with Crippen molar-refractivity contribution in [1.29, 1.82) is 5.26 Å². The van der Waals surface area contributed by atoms with Gasteiger partial charge in [-0.2, -0.15) is 5.26 Å². The number of methoxy groups -OCH3 is 1. The second kappa shape index (κ2) is 10.4. The van der Waals surface area contributed by atoms with Crippen LogP contribution >= 0.6 is 0 Å². The first kappa shape index (κ1) is 22.8. The van der Waals surface area contributed by atoms with Crippen LogP contribution in [0.3, 0.4) is 0 Å². The van der Waals surface area contributed by atoms with Crippen molar-refractivity contribution in [1.82, 2.24) is 20.6 Å². The summed E-state index contributed by atoms with van der Waals surface area (Å²) >= 11 is 0. The molecule has 0 fully saturated rings. The monoisotopic (exact) mass is 433 g/mol. The standard InChI is InChI=1S/C24H27N5O3/c1-15(2)10-20(23(30)27-17(13-25)11-16-6-5-9-26-14-16)29-24(31)21-12-18-19(28-21)7-4-8-22(18)32-3/h4-9,12,14-15,17,20,28H,10-11H2,1-3H3,(H,27,30)(H,29,31)/t17-,20?/m0/s1. The minimum absolute atomic E-state index is 0.160. The number of hydrogen-bond donors (Lipinski definition) is 3. The SMILES string of the molecule is COc1cccc2[nH]c(C(=O)NC(CC(C)C)C(=O)N[C@H](C#N)Cc3cccnc3)cc12. The number of hydrogen-bond acceptors (Lipinski definition) is 5. The molecule has 1 unspecified atom stereocenters. The number of nitriles is 1. The lowest BCUT2D eigenvalue weighted by Crippen LogP contribution is -2.50. The van der Waals surface area contributed by atoms with Crippen LogP contribution in [0, 0.1) is 17.2 Å². The number of H-pyrrole nitrogens is 1. The maximum Gasteiger partial charge on any atom is 0.268 e. The van der Waals surface area contributed by atoms with E-state index < -0.39 is 23.9 Å². The van der Waals surface area contributed by atoms with Crippen LogP contribution in [0.25, 0.3) is 10.9 Å². The van der Waals surface area contributed by atoms with Crippen molar-refractivity contribution in [3.63, 3.8) is 0 Å². The van der Waals surface area contributed by atoms with Crippen molar-refractivity contribution in [2.45, 2.75) is 38.8 Å². The van der Waals surface area contributed by atoms with Crippen LogP contribution in [0.1, 0.15) is 36.3 Å². The summed E-state index contributed by atoms with van der Waals surface area (Å²) in [6.45, 7) is 3.94. The second-order valence-corrected chi connectivity index (χ2v) is 8.02. The fraction of sp³-hybridized carbons (Fsp3) is 0.333. The number of ether oxygens (including phenoxy) is 1. The van der Waals surface area contributed by atoms with Crippen molar-refractivity contribution >= 4 is 22.7 Å². The Balaban J connectivity index is 1.73. The first-order chi connectivity index (χ1) is 15.4. The summed E-state index contributed by atoms with van der Waals surface area (Å²) < 4.78 is 5.35. The van der Waals surface area contributed by atoms with Gasteiger partial charge in [-0.15, -0.1) is 0 Å². The van der Waals surface area contributed by atoms with Crippen LogP contribution in [0.5, 0.6) is 5.75 Å². The first-order valence-electron chi connectivity index (χ1n) is 10.5. The molecule has 2 heterocycles. The highest BCUT2D eigenvalue weighted by Gasteiger charge is 2.25. The van der Waals surface area contributed by atoms with Crippen molar-refractivity contribution < 1.29 is 14.3 Å². The summed E-state index contributed by atoms with van der Waals surface area (Å²) in [5.74, 6) is 0.0234. The Hall–Kier alpha value is -3.86. The maximum absolute atomic E-state index is 13.0. The molecule has 8 nitrogen and oxygen atoms in total. The number of aromatic nitrogens is 2. The number of pyridine rings is 1. The lowest BCUT2D eigenvalue weighted by atomic mass is 10.0. The van der Waals surface area contributed by atoms with Gasteiger partial charge in [0.05, 0.1) is 13.2 Å². The molecule has 0 aliphatic rings. The Bertz CT molecular complexity index is 1120. The third-order valence-corrected chi connectivity index (χ3v) is 5.05. The molecule has 0 radical (unpaired) electrons. The van der Waals surface area contributed by atoms with E-state index in [1.807, 2.05) is 38.1 Å². The number of amides is 2. The molecule has 2 amide bonds. The molecule has 0 bridgehead atoms. The Morgan fingerprint density at radius 3 is 2.69 bits per heavy atom. The molecule has 3 aromatic rings. The molecule has 0 aliphatic heterocycles. The number of aromatic amines is 1. The van der Waals surface area contributed by atoms with Crippen LogP contribution in [-0.2, 0) is 11.2 Å². The summed E-state index contributed by atoms with van der Waals surface area (Å²) in [5.41, 5.74) is 1.94. The van der Waals surface area contributed by atoms with E-state index in [9.17, 15) is 14.9 Å². The highest BCUT2D eigenvalue weighted by molar-refractivity contribution is 6.01. The van der Waals surface area contributed by atoms with Gasteiger partial charge in [0.2, 0.25) is 5.91 Å². The van der Waals surface area contributed by atoms with Gasteiger partial charge < -0.3 is 20.4 Å². The Morgan fingerprint density at radius 1 is 1.22 bits per heavy atom. The topological polar surface area (TPSA) is 120 Å². The number of fused-ring (bicyclic) bond motifs is 1. The predicted octanol–water partition coefficient (Wildman–Crippen LogP) is 2.97. The fourth-order valence-corrected chi connectivity index (χ4v) is 3.52. The lowest BCUT2D eigenvalue weighted by molar-refractivity contribution is -0.123. The van der Waals surface area contributed by atoms with Crippen molar-refractivity contribution in [3.8, 4) is 11.8 Å².